The van der Waals surface area contributed by atoms with Gasteiger partial charge in [0, 0.05) is 12.3 Å². The number of fused-ring (bicyclic) bond motifs is 1. The van der Waals surface area contributed by atoms with E-state index in [-0.39, 0.29) is 23.5 Å². The van der Waals surface area contributed by atoms with Crippen LogP contribution < -0.4 is 39.2 Å². The second-order valence-electron chi connectivity index (χ2n) is 21.5. The third kappa shape index (κ3) is 11.0. The number of carbonyl (C=O) groups is 1. The SMILES string of the molecule is COc1ccc(C(Nc2ncnc3c2c(=O)ccn3[C@@H]2O[C@H](COC(c3ccccc3)(c3ccc(OC)cc3)c3ccc(OC)cc3)C(=O)[C@H]2OC(c2ccccc2)(c2ccc(OC)cc2)c2ccc(OC)cc2)(c2ccccc2)c2ccc(OC)cc2)cc1. The van der Waals surface area contributed by atoms with E-state index in [1.165, 1.54) is 12.4 Å². The molecule has 0 saturated carbocycles. The zero-order chi connectivity index (χ0) is 62.2. The number of pyridine rings is 1. The quantitative estimate of drug-likeness (QED) is 0.0603. The van der Waals surface area contributed by atoms with E-state index in [2.05, 4.69) is 5.32 Å². The third-order valence-corrected chi connectivity index (χ3v) is 16.8. The molecular formula is C75H66N4O11. The Bertz CT molecular complexity index is 4130. The molecule has 452 valence electrons. The van der Waals surface area contributed by atoms with Crippen molar-refractivity contribution in [3.63, 3.8) is 0 Å². The average molecular weight is 1200 g/mol. The zero-order valence-corrected chi connectivity index (χ0v) is 50.5. The number of aromatic nitrogens is 3. The Labute approximate surface area is 521 Å². The van der Waals surface area contributed by atoms with Gasteiger partial charge in [-0.3, -0.25) is 9.59 Å². The Balaban J connectivity index is 1.07. The summed E-state index contributed by atoms with van der Waals surface area (Å²) in [5.41, 5.74) is 2.36. The van der Waals surface area contributed by atoms with Gasteiger partial charge < -0.3 is 52.5 Å². The standard InChI is InChI=1S/C75H66N4O11/c1-82-59-34-22-51(23-35-59)73(50-16-10-7-11-17-50,52-24-36-60(83-2)37-25-52)78-70-67-65(80)46-47-79(71(67)77-49-76-70)72-69(90-75(54-20-14-9-15-21-54,57-30-42-63(86-5)43-31-57)58-32-44-64(87-6)45-33-58)68(81)66(89-72)48-88-74(53-18-12-8-13-19-53,55-26-38-61(84-3)39-27-55)56-28-40-62(85-4)41-29-56/h7-47,49,66,69,72H,48H2,1-6H3,(H,76,77,78)/t66-,69-,72-/m1/s1. The highest BCUT2D eigenvalue weighted by atomic mass is 16.6. The van der Waals surface area contributed by atoms with Crippen molar-refractivity contribution in [3.8, 4) is 34.5 Å². The van der Waals surface area contributed by atoms with Crippen LogP contribution in [0.1, 0.15) is 56.3 Å². The Morgan fingerprint density at radius 2 is 0.767 bits per heavy atom. The fourth-order valence-electron chi connectivity index (χ4n) is 12.2. The first-order chi connectivity index (χ1) is 44.1. The van der Waals surface area contributed by atoms with E-state index in [0.717, 1.165) is 33.4 Å². The number of methoxy groups -OCH3 is 6. The number of nitrogens with zero attached hydrogens (tertiary/aromatic N) is 3. The number of hydrogen-bond donors (Lipinski definition) is 1. The number of rotatable bonds is 23. The van der Waals surface area contributed by atoms with Crippen molar-refractivity contribution in [2.45, 2.75) is 35.2 Å². The van der Waals surface area contributed by atoms with Gasteiger partial charge in [-0.05, 0) is 123 Å². The minimum Gasteiger partial charge on any atom is -0.497 e. The zero-order valence-electron chi connectivity index (χ0n) is 50.5. The van der Waals surface area contributed by atoms with Crippen molar-refractivity contribution in [3.05, 3.63) is 315 Å². The summed E-state index contributed by atoms with van der Waals surface area (Å²) in [4.78, 5) is 41.3. The maximum atomic E-state index is 16.4. The summed E-state index contributed by atoms with van der Waals surface area (Å²) in [6.45, 7) is -0.297. The van der Waals surface area contributed by atoms with Crippen LogP contribution in [-0.4, -0.2) is 81.8 Å². The van der Waals surface area contributed by atoms with E-state index in [1.54, 1.807) is 53.4 Å². The predicted molar refractivity (Wildman–Crippen MR) is 344 cm³/mol. The molecule has 1 aliphatic rings. The molecule has 3 atom stereocenters. The number of nitrogens with one attached hydrogen (secondary N) is 1. The van der Waals surface area contributed by atoms with Gasteiger partial charge in [0.2, 0.25) is 0 Å². The molecule has 90 heavy (non-hydrogen) atoms. The lowest BCUT2D eigenvalue weighted by Crippen LogP contribution is -2.43. The van der Waals surface area contributed by atoms with Crippen LogP contribution in [0.15, 0.2) is 260 Å². The van der Waals surface area contributed by atoms with Gasteiger partial charge in [-0.15, -0.1) is 0 Å². The monoisotopic (exact) mass is 1200 g/mol. The number of anilines is 1. The maximum absolute atomic E-state index is 16.4. The molecule has 0 radical (unpaired) electrons. The summed E-state index contributed by atoms with van der Waals surface area (Å²) in [6.07, 6.45) is -1.12. The van der Waals surface area contributed by atoms with Crippen LogP contribution in [0.2, 0.25) is 0 Å². The Morgan fingerprint density at radius 3 is 1.17 bits per heavy atom. The highest BCUT2D eigenvalue weighted by Crippen LogP contribution is 2.49. The lowest BCUT2D eigenvalue weighted by atomic mass is 9.77. The van der Waals surface area contributed by atoms with Crippen molar-refractivity contribution in [1.82, 2.24) is 14.5 Å². The number of Topliss-reactive ketones (excluding diaryl/α,β-unsaturated/α-hetero) is 1. The summed E-state index contributed by atoms with van der Waals surface area (Å²) < 4.78 is 58.3. The molecule has 9 aromatic carbocycles. The maximum Gasteiger partial charge on any atom is 0.197 e. The fourth-order valence-corrected chi connectivity index (χ4v) is 12.2. The predicted octanol–water partition coefficient (Wildman–Crippen LogP) is 13.1. The molecule has 1 aliphatic heterocycles. The van der Waals surface area contributed by atoms with Crippen LogP contribution in [0.4, 0.5) is 5.82 Å². The summed E-state index contributed by atoms with van der Waals surface area (Å²) in [5.74, 6) is 3.56. The van der Waals surface area contributed by atoms with Gasteiger partial charge in [0.05, 0.1) is 49.3 Å². The van der Waals surface area contributed by atoms with Gasteiger partial charge in [-0.2, -0.15) is 0 Å². The van der Waals surface area contributed by atoms with Gasteiger partial charge in [0.1, 0.15) is 74.9 Å². The van der Waals surface area contributed by atoms with Crippen LogP contribution in [0.25, 0.3) is 11.0 Å². The highest BCUT2D eigenvalue weighted by Gasteiger charge is 2.53. The largest absolute Gasteiger partial charge is 0.497 e. The molecule has 0 unspecified atom stereocenters. The molecule has 0 amide bonds. The fraction of sp³-hybridized carbons (Fsp3) is 0.173. The van der Waals surface area contributed by atoms with Gasteiger partial charge in [0.15, 0.2) is 29.2 Å². The number of ketones is 1. The summed E-state index contributed by atoms with van der Waals surface area (Å²) in [5, 5.41) is 3.93. The molecule has 3 heterocycles. The minimum absolute atomic E-state index is 0.110. The van der Waals surface area contributed by atoms with Crippen molar-refractivity contribution < 1.29 is 47.4 Å². The molecule has 1 fully saturated rings. The Kier molecular flexibility index (Phi) is 17.3. The van der Waals surface area contributed by atoms with E-state index in [4.69, 9.17) is 52.6 Å². The number of benzene rings is 9. The highest BCUT2D eigenvalue weighted by molar-refractivity contribution is 5.91. The first kappa shape index (κ1) is 59.7. The van der Waals surface area contributed by atoms with E-state index in [9.17, 15) is 0 Å². The second kappa shape index (κ2) is 26.0. The van der Waals surface area contributed by atoms with E-state index in [1.807, 2.05) is 237 Å². The molecule has 1 saturated heterocycles. The van der Waals surface area contributed by atoms with Gasteiger partial charge in [0.25, 0.3) is 0 Å². The molecule has 12 rings (SSSR count). The van der Waals surface area contributed by atoms with Crippen molar-refractivity contribution in [1.29, 1.82) is 0 Å². The second-order valence-corrected chi connectivity index (χ2v) is 21.5. The molecule has 0 bridgehead atoms. The van der Waals surface area contributed by atoms with Crippen LogP contribution in [0.3, 0.4) is 0 Å². The lowest BCUT2D eigenvalue weighted by Gasteiger charge is -2.39. The van der Waals surface area contributed by atoms with Crippen molar-refractivity contribution in [2.24, 2.45) is 0 Å². The Morgan fingerprint density at radius 1 is 0.422 bits per heavy atom. The van der Waals surface area contributed by atoms with Crippen LogP contribution in [-0.2, 0) is 35.7 Å². The summed E-state index contributed by atoms with van der Waals surface area (Å²) in [6, 6.07) is 76.8. The molecule has 0 spiro atoms. The molecule has 15 nitrogen and oxygen atoms in total. The van der Waals surface area contributed by atoms with Gasteiger partial charge >= 0.3 is 0 Å². The topological polar surface area (TPSA) is 160 Å². The summed E-state index contributed by atoms with van der Waals surface area (Å²) >= 11 is 0. The molecule has 15 heteroatoms. The first-order valence-electron chi connectivity index (χ1n) is 29.3. The van der Waals surface area contributed by atoms with Crippen molar-refractivity contribution in [2.75, 3.05) is 54.6 Å². The summed E-state index contributed by atoms with van der Waals surface area (Å²) in [7, 11) is 9.69. The van der Waals surface area contributed by atoms with Gasteiger partial charge in [-0.1, -0.05) is 164 Å². The average Bonchev–Trinajstić information content (AvgIpc) is 1.21. The van der Waals surface area contributed by atoms with Crippen LogP contribution >= 0.6 is 0 Å². The molecular weight excluding hydrogens is 1130 g/mol. The van der Waals surface area contributed by atoms with Crippen LogP contribution in [0, 0.1) is 0 Å². The minimum atomic E-state index is -1.54. The van der Waals surface area contributed by atoms with Crippen molar-refractivity contribution >= 4 is 22.6 Å². The molecule has 11 aromatic rings. The normalized spacial score (nSPS) is 15.0. The van der Waals surface area contributed by atoms with E-state index in [0.29, 0.717) is 51.2 Å². The van der Waals surface area contributed by atoms with Gasteiger partial charge in [-0.25, -0.2) is 9.97 Å². The number of ether oxygens (including phenoxy) is 9. The van der Waals surface area contributed by atoms with Crippen LogP contribution in [0.5, 0.6) is 34.5 Å². The first-order valence-corrected chi connectivity index (χ1v) is 29.3. The smallest absolute Gasteiger partial charge is 0.197 e. The molecule has 0 aliphatic carbocycles. The molecule has 1 N–H and O–H groups in total. The number of carbonyl (C=O) groups excluding carboxylic acids is 1. The van der Waals surface area contributed by atoms with E-state index >= 15 is 9.59 Å². The number of hydrogen-bond acceptors (Lipinski definition) is 14. The van der Waals surface area contributed by atoms with E-state index < -0.39 is 46.4 Å². The Hall–Kier alpha value is -10.6. The molecule has 2 aromatic heterocycles. The lowest BCUT2D eigenvalue weighted by molar-refractivity contribution is -0.139. The third-order valence-electron chi connectivity index (χ3n) is 16.8.